The third kappa shape index (κ3) is 16.0. The smallest absolute Gasteiger partial charge is 0.255 e. The predicted octanol–water partition coefficient (Wildman–Crippen LogP) is 3.34. The zero-order chi connectivity index (χ0) is 33.1. The number of hydrogen-bond acceptors (Lipinski definition) is 12. The van der Waals surface area contributed by atoms with Crippen molar-refractivity contribution in [1.82, 2.24) is 5.32 Å². The van der Waals surface area contributed by atoms with E-state index in [1.54, 1.807) is 12.1 Å². The highest BCUT2D eigenvalue weighted by atomic mass is 16.6. The number of benzene rings is 1. The lowest BCUT2D eigenvalue weighted by Crippen LogP contribution is -2.25. The van der Waals surface area contributed by atoms with Gasteiger partial charge in [0.15, 0.2) is 11.5 Å². The van der Waals surface area contributed by atoms with Gasteiger partial charge in [-0.25, -0.2) is 0 Å². The summed E-state index contributed by atoms with van der Waals surface area (Å²) in [4.78, 5) is 13.5. The van der Waals surface area contributed by atoms with Crippen molar-refractivity contribution >= 4 is 5.91 Å². The van der Waals surface area contributed by atoms with Crippen LogP contribution >= 0.6 is 0 Å². The van der Waals surface area contributed by atoms with Crippen LogP contribution in [0.1, 0.15) is 61.7 Å². The molecule has 13 heteroatoms. The fraction of sp³-hybridized carbons (Fsp3) is 0.800. The van der Waals surface area contributed by atoms with Crippen LogP contribution in [-0.2, 0) is 37.9 Å². The highest BCUT2D eigenvalue weighted by molar-refractivity contribution is 5.98. The Hall–Kier alpha value is -2.23. The average molecular weight is 682 g/mol. The Morgan fingerprint density at radius 2 is 0.938 bits per heavy atom. The van der Waals surface area contributed by atoms with E-state index in [1.165, 1.54) is 0 Å². The van der Waals surface area contributed by atoms with E-state index < -0.39 is 0 Å². The molecule has 0 bridgehead atoms. The predicted molar refractivity (Wildman–Crippen MR) is 174 cm³/mol. The molecule has 0 aliphatic carbocycles. The largest absolute Gasteiger partial charge is 0.490 e. The molecule has 1 N–H and O–H groups in total. The molecule has 1 aromatic carbocycles. The Bertz CT molecular complexity index is 1040. The van der Waals surface area contributed by atoms with Gasteiger partial charge in [-0.1, -0.05) is 0 Å². The molecule has 0 aromatic heterocycles. The van der Waals surface area contributed by atoms with Crippen LogP contribution in [0.5, 0.6) is 17.2 Å². The van der Waals surface area contributed by atoms with Crippen LogP contribution < -0.4 is 19.5 Å². The van der Waals surface area contributed by atoms with Gasteiger partial charge in [-0.2, -0.15) is 0 Å². The monoisotopic (exact) mass is 681 g/mol. The fourth-order valence-electron chi connectivity index (χ4n) is 4.71. The summed E-state index contributed by atoms with van der Waals surface area (Å²) < 4.78 is 62.3. The van der Waals surface area contributed by atoms with E-state index in [9.17, 15) is 4.79 Å². The summed E-state index contributed by atoms with van der Waals surface area (Å²) in [6, 6.07) is 3.56. The molecule has 48 heavy (non-hydrogen) atoms. The van der Waals surface area contributed by atoms with E-state index in [-0.39, 0.29) is 30.3 Å². The molecular weight excluding hydrogens is 626 g/mol. The second-order valence-corrected chi connectivity index (χ2v) is 12.5. The van der Waals surface area contributed by atoms with Crippen LogP contribution in [0, 0.1) is 0 Å². The number of carbonyl (C=O) groups is 1. The Morgan fingerprint density at radius 1 is 0.542 bits per heavy atom. The normalized spacial score (nSPS) is 21.9. The summed E-state index contributed by atoms with van der Waals surface area (Å²) in [6.45, 7) is 10.1. The fourth-order valence-corrected chi connectivity index (χ4v) is 4.71. The highest BCUT2D eigenvalue weighted by Gasteiger charge is 2.25. The van der Waals surface area contributed by atoms with Gasteiger partial charge in [0.1, 0.15) is 24.4 Å². The van der Waals surface area contributed by atoms with Gasteiger partial charge in [-0.05, 0) is 63.5 Å². The molecule has 272 valence electrons. The number of unbranched alkanes of at least 4 members (excludes halogenated alkanes) is 4. The van der Waals surface area contributed by atoms with Crippen LogP contribution in [0.3, 0.4) is 0 Å². The Balaban J connectivity index is 1.14. The maximum absolute atomic E-state index is 13.5. The van der Waals surface area contributed by atoms with Crippen LogP contribution in [0.4, 0.5) is 0 Å². The third-order valence-electron chi connectivity index (χ3n) is 7.95. The van der Waals surface area contributed by atoms with Crippen molar-refractivity contribution in [3.05, 3.63) is 17.7 Å². The van der Waals surface area contributed by atoms with Gasteiger partial charge < -0.3 is 57.4 Å². The van der Waals surface area contributed by atoms with Crippen molar-refractivity contribution in [3.63, 3.8) is 0 Å². The molecule has 0 spiro atoms. The quantitative estimate of drug-likeness (QED) is 0.0880. The van der Waals surface area contributed by atoms with Gasteiger partial charge in [0.2, 0.25) is 5.75 Å². The lowest BCUT2D eigenvalue weighted by molar-refractivity contribution is 0.0938. The van der Waals surface area contributed by atoms with E-state index in [2.05, 4.69) is 5.32 Å². The zero-order valence-electron chi connectivity index (χ0n) is 28.3. The van der Waals surface area contributed by atoms with Gasteiger partial charge in [0.25, 0.3) is 5.91 Å². The van der Waals surface area contributed by atoms with Gasteiger partial charge in [0, 0.05) is 33.0 Å². The molecule has 4 heterocycles. The van der Waals surface area contributed by atoms with Crippen LogP contribution in [0.15, 0.2) is 12.1 Å². The summed E-state index contributed by atoms with van der Waals surface area (Å²) in [5, 5.41) is 3.04. The molecular formula is C35H55NO12. The maximum atomic E-state index is 13.5. The molecule has 4 saturated heterocycles. The van der Waals surface area contributed by atoms with Crippen molar-refractivity contribution in [1.29, 1.82) is 0 Å². The minimum Gasteiger partial charge on any atom is -0.490 e. The first kappa shape index (κ1) is 37.0. The highest BCUT2D eigenvalue weighted by Crippen LogP contribution is 2.41. The number of nitrogens with one attached hydrogen (secondary N) is 1. The SMILES string of the molecule is O=C(NCCCCOCC1CO1)c1ccc(OCCCCOCC2CO2)c(OCCCCOCC2CO2)c1OCCCCOCC1CO1. The van der Waals surface area contributed by atoms with Crippen molar-refractivity contribution < 1.29 is 56.9 Å². The lowest BCUT2D eigenvalue weighted by atomic mass is 10.1. The molecule has 4 unspecified atom stereocenters. The molecule has 1 amide bonds. The summed E-state index contributed by atoms with van der Waals surface area (Å²) in [6.07, 6.45) is 7.57. The van der Waals surface area contributed by atoms with Crippen LogP contribution in [-0.4, -0.2) is 136 Å². The second kappa shape index (κ2) is 21.8. The van der Waals surface area contributed by atoms with E-state index in [0.717, 1.165) is 77.8 Å². The van der Waals surface area contributed by atoms with Gasteiger partial charge >= 0.3 is 0 Å². The Morgan fingerprint density at radius 3 is 1.40 bits per heavy atom. The van der Waals surface area contributed by atoms with E-state index >= 15 is 0 Å². The molecule has 1 aromatic rings. The first-order chi connectivity index (χ1) is 23.8. The number of rotatable bonds is 32. The van der Waals surface area contributed by atoms with E-state index in [1.807, 2.05) is 0 Å². The molecule has 4 aliphatic heterocycles. The van der Waals surface area contributed by atoms with Crippen molar-refractivity contribution in [3.8, 4) is 17.2 Å². The number of hydrogen-bond donors (Lipinski definition) is 1. The number of carbonyl (C=O) groups excluding carboxylic acids is 1. The first-order valence-electron chi connectivity index (χ1n) is 17.9. The molecule has 13 nitrogen and oxygen atoms in total. The topological polar surface area (TPSA) is 144 Å². The number of epoxide rings is 4. The van der Waals surface area contributed by atoms with Crippen molar-refractivity contribution in [2.24, 2.45) is 0 Å². The molecule has 4 atom stereocenters. The molecule has 4 fully saturated rings. The van der Waals surface area contributed by atoms with E-state index in [4.69, 9.17) is 52.1 Å². The molecule has 0 saturated carbocycles. The standard InChI is InChI=1S/C35H55NO12/c37-35(36-11-1-2-12-38-19-27-23-45-27)31-9-10-32(42-16-6-3-13-39-20-28-24-46-28)34(44-18-8-5-15-41-22-30-26-48-30)33(31)43-17-7-4-14-40-21-29-25-47-29/h9-10,27-30H,1-8,11-26H2,(H,36,37). The molecule has 4 aliphatic rings. The summed E-state index contributed by atoms with van der Waals surface area (Å²) in [7, 11) is 0. The number of amides is 1. The Labute approximate surface area is 284 Å². The maximum Gasteiger partial charge on any atom is 0.255 e. The average Bonchev–Trinajstić information content (AvgIpc) is 3.90. The van der Waals surface area contributed by atoms with Gasteiger partial charge in [-0.15, -0.1) is 0 Å². The molecule has 0 radical (unpaired) electrons. The summed E-state index contributed by atoms with van der Waals surface area (Å²) in [5.74, 6) is 1.20. The molecule has 5 rings (SSSR count). The van der Waals surface area contributed by atoms with Gasteiger partial charge in [-0.3, -0.25) is 4.79 Å². The first-order valence-corrected chi connectivity index (χ1v) is 17.9. The minimum absolute atomic E-state index is 0.214. The van der Waals surface area contributed by atoms with Crippen molar-refractivity contribution in [2.75, 3.05) is 106 Å². The minimum atomic E-state index is -0.214. The van der Waals surface area contributed by atoms with E-state index in [0.29, 0.717) is 102 Å². The lowest BCUT2D eigenvalue weighted by Gasteiger charge is -2.20. The third-order valence-corrected chi connectivity index (χ3v) is 7.95. The van der Waals surface area contributed by atoms with Crippen LogP contribution in [0.2, 0.25) is 0 Å². The zero-order valence-corrected chi connectivity index (χ0v) is 28.3. The summed E-state index contributed by atoms with van der Waals surface area (Å²) >= 11 is 0. The number of ether oxygens (including phenoxy) is 11. The van der Waals surface area contributed by atoms with Crippen LogP contribution in [0.25, 0.3) is 0 Å². The van der Waals surface area contributed by atoms with Crippen molar-refractivity contribution in [2.45, 2.75) is 75.8 Å². The Kier molecular flexibility index (Phi) is 16.8. The second-order valence-electron chi connectivity index (χ2n) is 12.5. The summed E-state index contributed by atoms with van der Waals surface area (Å²) in [5.41, 5.74) is 0.421. The van der Waals surface area contributed by atoms with Gasteiger partial charge in [0.05, 0.1) is 78.2 Å².